The quantitative estimate of drug-likeness (QED) is 0.283. The van der Waals surface area contributed by atoms with Gasteiger partial charge in [0, 0.05) is 31.7 Å². The highest BCUT2D eigenvalue weighted by molar-refractivity contribution is 14.0. The van der Waals surface area contributed by atoms with Crippen molar-refractivity contribution in [1.82, 2.24) is 15.5 Å². The van der Waals surface area contributed by atoms with E-state index in [2.05, 4.69) is 34.6 Å². The summed E-state index contributed by atoms with van der Waals surface area (Å²) in [5.41, 5.74) is 0.958. The summed E-state index contributed by atoms with van der Waals surface area (Å²) < 4.78 is 0. The molecular weight excluding hydrogens is 429 g/mol. The van der Waals surface area contributed by atoms with E-state index >= 15 is 0 Å². The minimum atomic E-state index is 0. The molecule has 0 spiro atoms. The van der Waals surface area contributed by atoms with Gasteiger partial charge in [-0.05, 0) is 46.1 Å². The molecule has 1 fully saturated rings. The number of anilines is 1. The van der Waals surface area contributed by atoms with Crippen molar-refractivity contribution < 1.29 is 4.79 Å². The molecule has 0 saturated carbocycles. The molecule has 0 aliphatic carbocycles. The Morgan fingerprint density at radius 3 is 2.68 bits per heavy atom. The summed E-state index contributed by atoms with van der Waals surface area (Å²) in [6, 6.07) is 9.91. The average molecular weight is 459 g/mol. The molecule has 1 unspecified atom stereocenters. The van der Waals surface area contributed by atoms with Crippen molar-refractivity contribution in [3.63, 3.8) is 0 Å². The molecule has 1 aromatic carbocycles. The standard InChI is InChI=1S/C18H29N5O.HI/c1-4-19-18(20-11-8-12-22(2)3)21-15-13-17(24)23(14-15)16-9-6-5-7-10-16;/h5-7,9-10,15H,4,8,11-14H2,1-3H3,(H2,19,20,21);1H. The predicted octanol–water partition coefficient (Wildman–Crippen LogP) is 1.92. The Bertz CT molecular complexity index is 550. The van der Waals surface area contributed by atoms with Crippen LogP contribution in [0, 0.1) is 0 Å². The molecule has 2 rings (SSSR count). The lowest BCUT2D eigenvalue weighted by atomic mass is 10.2. The maximum atomic E-state index is 12.3. The van der Waals surface area contributed by atoms with Crippen LogP contribution in [0.4, 0.5) is 5.69 Å². The van der Waals surface area contributed by atoms with Crippen LogP contribution in [0.25, 0.3) is 0 Å². The molecule has 0 radical (unpaired) electrons. The smallest absolute Gasteiger partial charge is 0.229 e. The van der Waals surface area contributed by atoms with Crippen molar-refractivity contribution in [2.24, 2.45) is 4.99 Å². The number of hydrogen-bond donors (Lipinski definition) is 2. The molecule has 25 heavy (non-hydrogen) atoms. The van der Waals surface area contributed by atoms with Gasteiger partial charge in [-0.3, -0.25) is 9.79 Å². The molecule has 1 aliphatic heterocycles. The van der Waals surface area contributed by atoms with Crippen molar-refractivity contribution in [1.29, 1.82) is 0 Å². The van der Waals surface area contributed by atoms with Crippen LogP contribution in [0.2, 0.25) is 0 Å². The van der Waals surface area contributed by atoms with Gasteiger partial charge >= 0.3 is 0 Å². The molecular formula is C18H30IN5O. The van der Waals surface area contributed by atoms with Crippen molar-refractivity contribution in [3.05, 3.63) is 30.3 Å². The number of carbonyl (C=O) groups is 1. The van der Waals surface area contributed by atoms with Crippen LogP contribution in [0.5, 0.6) is 0 Å². The second kappa shape index (κ2) is 11.3. The van der Waals surface area contributed by atoms with E-state index in [1.165, 1.54) is 0 Å². The van der Waals surface area contributed by atoms with E-state index in [-0.39, 0.29) is 35.9 Å². The molecule has 140 valence electrons. The van der Waals surface area contributed by atoms with Gasteiger partial charge in [0.1, 0.15) is 0 Å². The fourth-order valence-corrected chi connectivity index (χ4v) is 2.75. The fourth-order valence-electron chi connectivity index (χ4n) is 2.75. The summed E-state index contributed by atoms with van der Waals surface area (Å²) in [6.07, 6.45) is 1.51. The average Bonchev–Trinajstić information content (AvgIpc) is 2.93. The first-order chi connectivity index (χ1) is 11.6. The zero-order chi connectivity index (χ0) is 17.4. The minimum Gasteiger partial charge on any atom is -0.357 e. The van der Waals surface area contributed by atoms with E-state index in [1.807, 2.05) is 42.2 Å². The number of rotatable bonds is 7. The molecule has 7 heteroatoms. The van der Waals surface area contributed by atoms with Crippen molar-refractivity contribution in [2.45, 2.75) is 25.8 Å². The first kappa shape index (κ1) is 21.7. The summed E-state index contributed by atoms with van der Waals surface area (Å²) >= 11 is 0. The third kappa shape index (κ3) is 7.19. The summed E-state index contributed by atoms with van der Waals surface area (Å²) in [5.74, 6) is 0.950. The van der Waals surface area contributed by atoms with Gasteiger partial charge in [0.05, 0.1) is 6.04 Å². The van der Waals surface area contributed by atoms with Crippen LogP contribution in [-0.4, -0.2) is 63.1 Å². The minimum absolute atomic E-state index is 0. The van der Waals surface area contributed by atoms with Crippen LogP contribution in [0.1, 0.15) is 19.8 Å². The summed E-state index contributed by atoms with van der Waals surface area (Å²) in [6.45, 7) is 5.32. The number of para-hydroxylation sites is 1. The third-order valence-corrected chi connectivity index (χ3v) is 3.91. The fraction of sp³-hybridized carbons (Fsp3) is 0.556. The highest BCUT2D eigenvalue weighted by Gasteiger charge is 2.30. The van der Waals surface area contributed by atoms with Crippen molar-refractivity contribution in [2.75, 3.05) is 45.2 Å². The molecule has 1 amide bonds. The Balaban J connectivity index is 0.00000312. The number of aliphatic imine (C=N–C) groups is 1. The monoisotopic (exact) mass is 459 g/mol. The maximum Gasteiger partial charge on any atom is 0.229 e. The van der Waals surface area contributed by atoms with Gasteiger partial charge in [-0.1, -0.05) is 18.2 Å². The topological polar surface area (TPSA) is 60.0 Å². The number of benzene rings is 1. The highest BCUT2D eigenvalue weighted by atomic mass is 127. The molecule has 1 atom stereocenters. The number of hydrogen-bond acceptors (Lipinski definition) is 3. The van der Waals surface area contributed by atoms with E-state index in [0.29, 0.717) is 13.0 Å². The number of guanidine groups is 1. The second-order valence-electron chi connectivity index (χ2n) is 6.30. The van der Waals surface area contributed by atoms with Gasteiger partial charge < -0.3 is 20.4 Å². The second-order valence-corrected chi connectivity index (χ2v) is 6.30. The van der Waals surface area contributed by atoms with Crippen LogP contribution in [-0.2, 0) is 4.79 Å². The zero-order valence-corrected chi connectivity index (χ0v) is 17.7. The van der Waals surface area contributed by atoms with Crippen molar-refractivity contribution in [3.8, 4) is 0 Å². The summed E-state index contributed by atoms with van der Waals surface area (Å²) in [7, 11) is 4.13. The molecule has 1 aliphatic rings. The van der Waals surface area contributed by atoms with Crippen LogP contribution >= 0.6 is 24.0 Å². The molecule has 6 nitrogen and oxygen atoms in total. The Hall–Kier alpha value is -1.35. The number of nitrogens with zero attached hydrogens (tertiary/aromatic N) is 3. The Labute approximate surface area is 168 Å². The van der Waals surface area contributed by atoms with E-state index in [4.69, 9.17) is 0 Å². The molecule has 1 aromatic rings. The highest BCUT2D eigenvalue weighted by Crippen LogP contribution is 2.20. The lowest BCUT2D eigenvalue weighted by molar-refractivity contribution is -0.117. The Morgan fingerprint density at radius 2 is 2.04 bits per heavy atom. The largest absolute Gasteiger partial charge is 0.357 e. The lowest BCUT2D eigenvalue weighted by Crippen LogP contribution is -2.44. The maximum absolute atomic E-state index is 12.3. The molecule has 2 N–H and O–H groups in total. The summed E-state index contributed by atoms with van der Waals surface area (Å²) in [5, 5.41) is 6.66. The number of amides is 1. The molecule has 0 aromatic heterocycles. The van der Waals surface area contributed by atoms with E-state index < -0.39 is 0 Å². The Kier molecular flexibility index (Phi) is 9.81. The van der Waals surface area contributed by atoms with Crippen LogP contribution < -0.4 is 15.5 Å². The number of halogens is 1. The first-order valence-electron chi connectivity index (χ1n) is 8.65. The number of carbonyl (C=O) groups excluding carboxylic acids is 1. The number of nitrogens with one attached hydrogen (secondary N) is 2. The van der Waals surface area contributed by atoms with Crippen molar-refractivity contribution >= 4 is 41.5 Å². The van der Waals surface area contributed by atoms with Gasteiger partial charge in [-0.15, -0.1) is 24.0 Å². The SMILES string of the molecule is CCNC(=NCCCN(C)C)NC1CC(=O)N(c2ccccc2)C1.I. The van der Waals surface area contributed by atoms with E-state index in [1.54, 1.807) is 0 Å². The molecule has 1 saturated heterocycles. The van der Waals surface area contributed by atoms with Gasteiger partial charge in [0.15, 0.2) is 5.96 Å². The van der Waals surface area contributed by atoms with Gasteiger partial charge in [-0.2, -0.15) is 0 Å². The normalized spacial score (nSPS) is 17.6. The lowest BCUT2D eigenvalue weighted by Gasteiger charge is -2.19. The zero-order valence-electron chi connectivity index (χ0n) is 15.4. The van der Waals surface area contributed by atoms with Gasteiger partial charge in [0.2, 0.25) is 5.91 Å². The van der Waals surface area contributed by atoms with E-state index in [9.17, 15) is 4.79 Å². The van der Waals surface area contributed by atoms with Crippen LogP contribution in [0.3, 0.4) is 0 Å². The molecule has 0 bridgehead atoms. The Morgan fingerprint density at radius 1 is 1.32 bits per heavy atom. The van der Waals surface area contributed by atoms with Gasteiger partial charge in [0.25, 0.3) is 0 Å². The third-order valence-electron chi connectivity index (χ3n) is 3.91. The van der Waals surface area contributed by atoms with E-state index in [0.717, 1.165) is 37.7 Å². The molecule has 1 heterocycles. The predicted molar refractivity (Wildman–Crippen MR) is 115 cm³/mol. The first-order valence-corrected chi connectivity index (χ1v) is 8.65. The van der Waals surface area contributed by atoms with Crippen LogP contribution in [0.15, 0.2) is 35.3 Å². The summed E-state index contributed by atoms with van der Waals surface area (Å²) in [4.78, 5) is 20.9. The van der Waals surface area contributed by atoms with Gasteiger partial charge in [-0.25, -0.2) is 0 Å².